The number of rotatable bonds is 18. The molecule has 2 rings (SSSR count). The van der Waals surface area contributed by atoms with E-state index < -0.39 is 11.9 Å². The van der Waals surface area contributed by atoms with Gasteiger partial charge in [0.05, 0.1) is 31.6 Å². The predicted molar refractivity (Wildman–Crippen MR) is 151 cm³/mol. The molecule has 0 saturated heterocycles. The van der Waals surface area contributed by atoms with Crippen LogP contribution in [0.4, 0.5) is 5.69 Å². The number of hydrogen-bond acceptors (Lipinski definition) is 7. The lowest BCUT2D eigenvalue weighted by Gasteiger charge is -2.14. The van der Waals surface area contributed by atoms with Gasteiger partial charge >= 0.3 is 11.9 Å². The second-order valence-electron chi connectivity index (χ2n) is 9.00. The summed E-state index contributed by atoms with van der Waals surface area (Å²) in [5, 5.41) is 2.80. The maximum absolute atomic E-state index is 12.9. The van der Waals surface area contributed by atoms with Crippen molar-refractivity contribution in [2.24, 2.45) is 0 Å². The standard InChI is InChI=1S/C31H41NO7/c1-4-7-10-13-22-36-25-18-16-24(17-19-25)30(34)32-26-14-11-12-15-27(26)39-28(31(35)38-21-9-6-3)23-29(33)37-20-8-5-2/h11-12,14-19,23H,4-10,13,20-22H2,1-3H3,(H,32,34)/b28-23-. The van der Waals surface area contributed by atoms with Crippen LogP contribution in [0, 0.1) is 0 Å². The zero-order chi connectivity index (χ0) is 28.3. The number of amides is 1. The number of nitrogens with one attached hydrogen (secondary N) is 1. The highest BCUT2D eigenvalue weighted by molar-refractivity contribution is 6.05. The maximum Gasteiger partial charge on any atom is 0.374 e. The van der Waals surface area contributed by atoms with E-state index in [-0.39, 0.29) is 30.6 Å². The van der Waals surface area contributed by atoms with Gasteiger partial charge in [0.15, 0.2) is 5.75 Å². The van der Waals surface area contributed by atoms with Gasteiger partial charge in [-0.2, -0.15) is 0 Å². The van der Waals surface area contributed by atoms with Crippen molar-refractivity contribution in [2.45, 2.75) is 72.1 Å². The molecule has 0 saturated carbocycles. The Bertz CT molecular complexity index is 1060. The molecule has 0 atom stereocenters. The van der Waals surface area contributed by atoms with Crippen molar-refractivity contribution >= 4 is 23.5 Å². The molecular weight excluding hydrogens is 498 g/mol. The summed E-state index contributed by atoms with van der Waals surface area (Å²) in [6.07, 6.45) is 8.54. The Morgan fingerprint density at radius 2 is 1.41 bits per heavy atom. The first-order valence-electron chi connectivity index (χ1n) is 13.8. The molecule has 1 amide bonds. The van der Waals surface area contributed by atoms with E-state index in [1.807, 2.05) is 13.8 Å². The normalized spacial score (nSPS) is 11.0. The molecule has 2 aromatic carbocycles. The van der Waals surface area contributed by atoms with E-state index in [4.69, 9.17) is 18.9 Å². The molecule has 0 unspecified atom stereocenters. The van der Waals surface area contributed by atoms with Gasteiger partial charge in [-0.05, 0) is 55.7 Å². The van der Waals surface area contributed by atoms with Gasteiger partial charge in [0, 0.05) is 5.56 Å². The number of para-hydroxylation sites is 2. The average Bonchev–Trinajstić information content (AvgIpc) is 2.94. The van der Waals surface area contributed by atoms with Crippen LogP contribution in [0.25, 0.3) is 0 Å². The maximum atomic E-state index is 12.9. The SMILES string of the molecule is CCCCCCOc1ccc(C(=O)Nc2ccccc2O/C(=C\C(=O)OCCCC)C(=O)OCCCC)cc1. The molecule has 8 nitrogen and oxygen atoms in total. The lowest BCUT2D eigenvalue weighted by molar-refractivity contribution is -0.143. The van der Waals surface area contributed by atoms with Gasteiger partial charge in [-0.25, -0.2) is 9.59 Å². The van der Waals surface area contributed by atoms with Crippen LogP contribution in [0.15, 0.2) is 60.4 Å². The lowest BCUT2D eigenvalue weighted by atomic mass is 10.2. The van der Waals surface area contributed by atoms with Crippen LogP contribution in [0.3, 0.4) is 0 Å². The molecule has 39 heavy (non-hydrogen) atoms. The number of unbranched alkanes of at least 4 members (excludes halogenated alkanes) is 5. The molecular formula is C31H41NO7. The van der Waals surface area contributed by atoms with Crippen LogP contribution in [-0.4, -0.2) is 37.7 Å². The van der Waals surface area contributed by atoms with E-state index >= 15 is 0 Å². The zero-order valence-electron chi connectivity index (χ0n) is 23.3. The summed E-state index contributed by atoms with van der Waals surface area (Å²) in [5.41, 5.74) is 0.753. The molecule has 2 aromatic rings. The fourth-order valence-corrected chi connectivity index (χ4v) is 3.37. The van der Waals surface area contributed by atoms with Crippen molar-refractivity contribution in [1.29, 1.82) is 0 Å². The van der Waals surface area contributed by atoms with Crippen molar-refractivity contribution in [3.8, 4) is 11.5 Å². The van der Waals surface area contributed by atoms with Crippen molar-refractivity contribution in [2.75, 3.05) is 25.1 Å². The Kier molecular flexibility index (Phi) is 14.9. The van der Waals surface area contributed by atoms with E-state index in [1.54, 1.807) is 48.5 Å². The minimum Gasteiger partial charge on any atom is -0.494 e. The molecule has 0 fully saturated rings. The fraction of sp³-hybridized carbons (Fsp3) is 0.452. The van der Waals surface area contributed by atoms with Gasteiger partial charge in [0.1, 0.15) is 5.75 Å². The van der Waals surface area contributed by atoms with Crippen LogP contribution in [-0.2, 0) is 19.1 Å². The molecule has 0 aliphatic heterocycles. The first-order valence-corrected chi connectivity index (χ1v) is 13.8. The fourth-order valence-electron chi connectivity index (χ4n) is 3.37. The number of benzene rings is 2. The number of hydrogen-bond donors (Lipinski definition) is 1. The van der Waals surface area contributed by atoms with E-state index in [0.29, 0.717) is 36.4 Å². The van der Waals surface area contributed by atoms with Gasteiger partial charge in [0.2, 0.25) is 5.76 Å². The molecule has 0 aromatic heterocycles. The topological polar surface area (TPSA) is 100 Å². The van der Waals surface area contributed by atoms with Crippen LogP contribution in [0.1, 0.15) is 82.5 Å². The zero-order valence-corrected chi connectivity index (χ0v) is 23.3. The van der Waals surface area contributed by atoms with Gasteiger partial charge in [-0.1, -0.05) is 65.0 Å². The average molecular weight is 540 g/mol. The van der Waals surface area contributed by atoms with Gasteiger partial charge < -0.3 is 24.3 Å². The predicted octanol–water partition coefficient (Wildman–Crippen LogP) is 6.85. The molecule has 0 heterocycles. The third-order valence-electron chi connectivity index (χ3n) is 5.66. The molecule has 212 valence electrons. The van der Waals surface area contributed by atoms with E-state index in [0.717, 1.165) is 31.8 Å². The second kappa shape index (κ2) is 18.4. The summed E-state index contributed by atoms with van der Waals surface area (Å²) in [6.45, 7) is 7.18. The van der Waals surface area contributed by atoms with E-state index in [1.165, 1.54) is 12.8 Å². The molecule has 0 spiro atoms. The first kappa shape index (κ1) is 31.4. The van der Waals surface area contributed by atoms with Gasteiger partial charge in [-0.15, -0.1) is 0 Å². The first-order chi connectivity index (χ1) is 19.0. The number of anilines is 1. The summed E-state index contributed by atoms with van der Waals surface area (Å²) >= 11 is 0. The Labute approximate surface area is 231 Å². The van der Waals surface area contributed by atoms with Crippen LogP contribution in [0.2, 0.25) is 0 Å². The highest BCUT2D eigenvalue weighted by Gasteiger charge is 2.19. The van der Waals surface area contributed by atoms with Crippen LogP contribution >= 0.6 is 0 Å². The van der Waals surface area contributed by atoms with Crippen molar-refractivity contribution < 1.29 is 33.3 Å². The molecule has 0 aliphatic carbocycles. The lowest BCUT2D eigenvalue weighted by Crippen LogP contribution is -2.18. The molecule has 1 N–H and O–H groups in total. The number of carbonyl (C=O) groups excluding carboxylic acids is 3. The summed E-state index contributed by atoms with van der Waals surface area (Å²) in [6, 6.07) is 13.5. The smallest absolute Gasteiger partial charge is 0.374 e. The van der Waals surface area contributed by atoms with Crippen LogP contribution in [0.5, 0.6) is 11.5 Å². The molecule has 8 heteroatoms. The van der Waals surface area contributed by atoms with Crippen LogP contribution < -0.4 is 14.8 Å². The Balaban J connectivity index is 2.10. The monoisotopic (exact) mass is 539 g/mol. The number of esters is 2. The highest BCUT2D eigenvalue weighted by Crippen LogP contribution is 2.27. The highest BCUT2D eigenvalue weighted by atomic mass is 16.6. The Morgan fingerprint density at radius 3 is 2.10 bits per heavy atom. The minimum atomic E-state index is -0.790. The number of ether oxygens (including phenoxy) is 4. The summed E-state index contributed by atoms with van der Waals surface area (Å²) in [7, 11) is 0. The molecule has 0 radical (unpaired) electrons. The second-order valence-corrected chi connectivity index (χ2v) is 9.00. The molecule has 0 bridgehead atoms. The van der Waals surface area contributed by atoms with Gasteiger partial charge in [-0.3, -0.25) is 4.79 Å². The van der Waals surface area contributed by atoms with E-state index in [2.05, 4.69) is 12.2 Å². The Hall–Kier alpha value is -3.81. The third-order valence-corrected chi connectivity index (χ3v) is 5.66. The Morgan fingerprint density at radius 1 is 0.744 bits per heavy atom. The third kappa shape index (κ3) is 12.1. The van der Waals surface area contributed by atoms with Crippen molar-refractivity contribution in [3.05, 3.63) is 65.9 Å². The largest absolute Gasteiger partial charge is 0.494 e. The van der Waals surface area contributed by atoms with Gasteiger partial charge in [0.25, 0.3) is 5.91 Å². The van der Waals surface area contributed by atoms with Crippen molar-refractivity contribution in [3.63, 3.8) is 0 Å². The number of carbonyl (C=O) groups is 3. The molecule has 0 aliphatic rings. The quantitative estimate of drug-likeness (QED) is 0.0957. The van der Waals surface area contributed by atoms with E-state index in [9.17, 15) is 14.4 Å². The summed E-state index contributed by atoms with van der Waals surface area (Å²) < 4.78 is 21.9. The summed E-state index contributed by atoms with van der Waals surface area (Å²) in [4.78, 5) is 37.9. The minimum absolute atomic E-state index is 0.179. The summed E-state index contributed by atoms with van der Waals surface area (Å²) in [5.74, 6) is -1.31. The van der Waals surface area contributed by atoms with Crippen molar-refractivity contribution in [1.82, 2.24) is 0 Å².